The van der Waals surface area contributed by atoms with Crippen molar-refractivity contribution in [3.8, 4) is 0 Å². The second-order valence-electron chi connectivity index (χ2n) is 3.89. The number of hydrogen-bond acceptors (Lipinski definition) is 2. The summed E-state index contributed by atoms with van der Waals surface area (Å²) in [7, 11) is 0. The average molecular weight is 184 g/mol. The van der Waals surface area contributed by atoms with Crippen LogP contribution in [0.25, 0.3) is 0 Å². The van der Waals surface area contributed by atoms with Crippen molar-refractivity contribution in [3.05, 3.63) is 0 Å². The molecule has 0 N–H and O–H groups in total. The lowest BCUT2D eigenvalue weighted by Gasteiger charge is -2.13. The van der Waals surface area contributed by atoms with Crippen molar-refractivity contribution in [1.82, 2.24) is 0 Å². The molecule has 0 aromatic carbocycles. The number of ether oxygens (including phenoxy) is 1. The SMILES string of the molecule is CCC(=O)OCC1CCCCCC1. The van der Waals surface area contributed by atoms with Gasteiger partial charge in [0, 0.05) is 6.42 Å². The minimum absolute atomic E-state index is 0.0516. The Morgan fingerprint density at radius 3 is 2.38 bits per heavy atom. The summed E-state index contributed by atoms with van der Waals surface area (Å²) in [5.41, 5.74) is 0. The summed E-state index contributed by atoms with van der Waals surface area (Å²) in [5, 5.41) is 0. The zero-order valence-electron chi connectivity index (χ0n) is 8.55. The monoisotopic (exact) mass is 184 g/mol. The van der Waals surface area contributed by atoms with Crippen molar-refractivity contribution in [2.45, 2.75) is 51.9 Å². The second kappa shape index (κ2) is 6.01. The molecule has 1 rings (SSSR count). The predicted molar refractivity (Wildman–Crippen MR) is 52.4 cm³/mol. The third-order valence-electron chi connectivity index (χ3n) is 2.74. The Morgan fingerprint density at radius 1 is 1.23 bits per heavy atom. The molecular weight excluding hydrogens is 164 g/mol. The third-order valence-corrected chi connectivity index (χ3v) is 2.74. The van der Waals surface area contributed by atoms with E-state index in [1.54, 1.807) is 0 Å². The summed E-state index contributed by atoms with van der Waals surface area (Å²) in [6.07, 6.45) is 8.35. The van der Waals surface area contributed by atoms with E-state index in [1.807, 2.05) is 6.92 Å². The molecule has 0 amide bonds. The Balaban J connectivity index is 2.15. The number of rotatable bonds is 3. The minimum Gasteiger partial charge on any atom is -0.465 e. The highest BCUT2D eigenvalue weighted by Crippen LogP contribution is 2.22. The molecule has 0 heterocycles. The van der Waals surface area contributed by atoms with Crippen LogP contribution in [-0.2, 0) is 9.53 Å². The second-order valence-corrected chi connectivity index (χ2v) is 3.89. The van der Waals surface area contributed by atoms with Crippen molar-refractivity contribution in [1.29, 1.82) is 0 Å². The molecule has 0 aromatic heterocycles. The van der Waals surface area contributed by atoms with Crippen molar-refractivity contribution in [3.63, 3.8) is 0 Å². The van der Waals surface area contributed by atoms with Gasteiger partial charge < -0.3 is 4.74 Å². The summed E-state index contributed by atoms with van der Waals surface area (Å²) < 4.78 is 5.15. The zero-order chi connectivity index (χ0) is 9.52. The molecule has 0 radical (unpaired) electrons. The van der Waals surface area contributed by atoms with Crippen LogP contribution in [0.5, 0.6) is 0 Å². The summed E-state index contributed by atoms with van der Waals surface area (Å²) in [4.78, 5) is 10.9. The van der Waals surface area contributed by atoms with Crippen LogP contribution in [-0.4, -0.2) is 12.6 Å². The lowest BCUT2D eigenvalue weighted by molar-refractivity contribution is -0.144. The molecule has 1 fully saturated rings. The molecule has 1 aliphatic rings. The van der Waals surface area contributed by atoms with E-state index in [-0.39, 0.29) is 5.97 Å². The Bertz CT molecular complexity index is 146. The Hall–Kier alpha value is -0.530. The first-order valence-corrected chi connectivity index (χ1v) is 5.48. The summed E-state index contributed by atoms with van der Waals surface area (Å²) in [5.74, 6) is 0.585. The van der Waals surface area contributed by atoms with Crippen LogP contribution < -0.4 is 0 Å². The molecule has 0 aliphatic heterocycles. The van der Waals surface area contributed by atoms with E-state index in [4.69, 9.17) is 4.74 Å². The van der Waals surface area contributed by atoms with Crippen LogP contribution in [0.3, 0.4) is 0 Å². The highest BCUT2D eigenvalue weighted by molar-refractivity contribution is 5.68. The first kappa shape index (κ1) is 10.6. The van der Waals surface area contributed by atoms with Crippen LogP contribution in [0.2, 0.25) is 0 Å². The van der Waals surface area contributed by atoms with Crippen LogP contribution in [0.1, 0.15) is 51.9 Å². The molecular formula is C11H20O2. The summed E-state index contributed by atoms with van der Waals surface area (Å²) in [6.45, 7) is 2.50. The Morgan fingerprint density at radius 2 is 1.85 bits per heavy atom. The lowest BCUT2D eigenvalue weighted by Crippen LogP contribution is -2.12. The maximum atomic E-state index is 10.9. The van der Waals surface area contributed by atoms with Crippen molar-refractivity contribution >= 4 is 5.97 Å². The number of esters is 1. The van der Waals surface area contributed by atoms with E-state index in [0.29, 0.717) is 18.9 Å². The van der Waals surface area contributed by atoms with Gasteiger partial charge >= 0.3 is 5.97 Å². The lowest BCUT2D eigenvalue weighted by atomic mass is 10.0. The fourth-order valence-electron chi connectivity index (χ4n) is 1.84. The van der Waals surface area contributed by atoms with Gasteiger partial charge in [0.1, 0.15) is 0 Å². The molecule has 0 unspecified atom stereocenters. The molecule has 0 bridgehead atoms. The first-order valence-electron chi connectivity index (χ1n) is 5.48. The zero-order valence-corrected chi connectivity index (χ0v) is 8.55. The molecule has 2 heteroatoms. The van der Waals surface area contributed by atoms with Crippen LogP contribution >= 0.6 is 0 Å². The van der Waals surface area contributed by atoms with E-state index in [2.05, 4.69) is 0 Å². The van der Waals surface area contributed by atoms with Gasteiger partial charge in [0.05, 0.1) is 6.61 Å². The van der Waals surface area contributed by atoms with Crippen molar-refractivity contribution in [2.24, 2.45) is 5.92 Å². The highest BCUT2D eigenvalue weighted by Gasteiger charge is 2.13. The molecule has 0 saturated heterocycles. The van der Waals surface area contributed by atoms with Gasteiger partial charge in [0.15, 0.2) is 0 Å². The van der Waals surface area contributed by atoms with Gasteiger partial charge in [-0.25, -0.2) is 0 Å². The number of carbonyl (C=O) groups is 1. The van der Waals surface area contributed by atoms with Crippen LogP contribution in [0.4, 0.5) is 0 Å². The molecule has 1 saturated carbocycles. The normalized spacial score (nSPS) is 19.5. The molecule has 0 spiro atoms. The van der Waals surface area contributed by atoms with Gasteiger partial charge in [-0.2, -0.15) is 0 Å². The molecule has 1 aliphatic carbocycles. The summed E-state index contributed by atoms with van der Waals surface area (Å²) >= 11 is 0. The fourth-order valence-corrected chi connectivity index (χ4v) is 1.84. The maximum Gasteiger partial charge on any atom is 0.305 e. The smallest absolute Gasteiger partial charge is 0.305 e. The molecule has 13 heavy (non-hydrogen) atoms. The molecule has 0 aromatic rings. The van der Waals surface area contributed by atoms with E-state index in [1.165, 1.54) is 38.5 Å². The maximum absolute atomic E-state index is 10.9. The first-order chi connectivity index (χ1) is 6.33. The topological polar surface area (TPSA) is 26.3 Å². The third kappa shape index (κ3) is 4.30. The van der Waals surface area contributed by atoms with E-state index in [9.17, 15) is 4.79 Å². The van der Waals surface area contributed by atoms with Crippen molar-refractivity contribution < 1.29 is 9.53 Å². The molecule has 2 nitrogen and oxygen atoms in total. The highest BCUT2D eigenvalue weighted by atomic mass is 16.5. The molecule has 76 valence electrons. The van der Waals surface area contributed by atoms with E-state index < -0.39 is 0 Å². The van der Waals surface area contributed by atoms with Gasteiger partial charge in [0.2, 0.25) is 0 Å². The van der Waals surface area contributed by atoms with E-state index >= 15 is 0 Å². The predicted octanol–water partition coefficient (Wildman–Crippen LogP) is 2.91. The van der Waals surface area contributed by atoms with Gasteiger partial charge in [0.25, 0.3) is 0 Å². The Kier molecular flexibility index (Phi) is 4.87. The summed E-state index contributed by atoms with van der Waals surface area (Å²) in [6, 6.07) is 0. The van der Waals surface area contributed by atoms with Crippen LogP contribution in [0.15, 0.2) is 0 Å². The fraction of sp³-hybridized carbons (Fsp3) is 0.909. The largest absolute Gasteiger partial charge is 0.465 e. The number of carbonyl (C=O) groups excluding carboxylic acids is 1. The standard InChI is InChI=1S/C11H20O2/c1-2-11(12)13-9-10-7-5-3-4-6-8-10/h10H,2-9H2,1H3. The van der Waals surface area contributed by atoms with Gasteiger partial charge in [-0.15, -0.1) is 0 Å². The van der Waals surface area contributed by atoms with Gasteiger partial charge in [-0.3, -0.25) is 4.79 Å². The molecule has 0 atom stereocenters. The number of hydrogen-bond donors (Lipinski definition) is 0. The minimum atomic E-state index is -0.0516. The quantitative estimate of drug-likeness (QED) is 0.498. The van der Waals surface area contributed by atoms with Crippen LogP contribution in [0, 0.1) is 5.92 Å². The van der Waals surface area contributed by atoms with E-state index in [0.717, 1.165) is 0 Å². The van der Waals surface area contributed by atoms with Gasteiger partial charge in [-0.1, -0.05) is 32.6 Å². The van der Waals surface area contributed by atoms with Gasteiger partial charge in [-0.05, 0) is 18.8 Å². The Labute approximate surface area is 80.7 Å². The average Bonchev–Trinajstić information content (AvgIpc) is 2.42. The van der Waals surface area contributed by atoms with Crippen molar-refractivity contribution in [2.75, 3.05) is 6.61 Å².